The van der Waals surface area contributed by atoms with Crippen LogP contribution in [-0.2, 0) is 33.5 Å². The molecule has 1 heterocycles. The van der Waals surface area contributed by atoms with Gasteiger partial charge in [0.25, 0.3) is 5.91 Å². The van der Waals surface area contributed by atoms with E-state index in [0.717, 1.165) is 0 Å². The van der Waals surface area contributed by atoms with Crippen molar-refractivity contribution in [3.8, 4) is 0 Å². The standard InChI is InChI=1S/C41H54N4O10/c1-8-14-25(34(49)30(46)19-20-32(48)43-33(36(42)50)24-15-10-9-11-16-24)21-31(47)29-22-26(55-41(5,6)7)23-45(29)38(52)35(40(2,3)4)44-37(51)27-17-12-13-18-28(27)39(53)54/h9-13,15-18,25-26,29,33,35H,8,14,19-23H2,1-7H3,(H2,42,50)(H,43,48)(H,44,51)(H,53,54)/t25?,26-,29+,33+,35-/m1/s1. The van der Waals surface area contributed by atoms with Crippen molar-refractivity contribution in [1.82, 2.24) is 15.5 Å². The van der Waals surface area contributed by atoms with Crippen molar-refractivity contribution in [2.24, 2.45) is 17.1 Å². The number of benzene rings is 2. The Morgan fingerprint density at radius 1 is 0.873 bits per heavy atom. The maximum Gasteiger partial charge on any atom is 0.336 e. The predicted molar refractivity (Wildman–Crippen MR) is 203 cm³/mol. The van der Waals surface area contributed by atoms with Crippen molar-refractivity contribution in [2.75, 3.05) is 6.54 Å². The van der Waals surface area contributed by atoms with Crippen LogP contribution in [0.25, 0.3) is 0 Å². The number of carbonyl (C=O) groups is 8. The van der Waals surface area contributed by atoms with E-state index < -0.39 is 94.5 Å². The van der Waals surface area contributed by atoms with Gasteiger partial charge in [0.1, 0.15) is 12.1 Å². The summed E-state index contributed by atoms with van der Waals surface area (Å²) < 4.78 is 6.19. The lowest BCUT2D eigenvalue weighted by atomic mass is 9.84. The predicted octanol–water partition coefficient (Wildman–Crippen LogP) is 3.95. The number of Topliss-reactive ketones (excluding diaryl/α,β-unsaturated/α-hetero) is 3. The molecule has 1 saturated heterocycles. The van der Waals surface area contributed by atoms with Gasteiger partial charge in [0.2, 0.25) is 23.5 Å². The molecule has 3 rings (SSSR count). The van der Waals surface area contributed by atoms with Crippen LogP contribution in [0.2, 0.25) is 0 Å². The number of ether oxygens (including phenoxy) is 1. The van der Waals surface area contributed by atoms with Crippen LogP contribution in [-0.4, -0.2) is 87.3 Å². The molecule has 0 aromatic heterocycles. The lowest BCUT2D eigenvalue weighted by Crippen LogP contribution is -2.57. The lowest BCUT2D eigenvalue weighted by Gasteiger charge is -2.35. The number of carboxylic acid groups (broad SMARTS) is 1. The van der Waals surface area contributed by atoms with Crippen LogP contribution < -0.4 is 16.4 Å². The van der Waals surface area contributed by atoms with Crippen molar-refractivity contribution in [3.63, 3.8) is 0 Å². The van der Waals surface area contributed by atoms with Crippen molar-refractivity contribution < 1.29 is 48.2 Å². The molecular formula is C41H54N4O10. The molecule has 5 N–H and O–H groups in total. The van der Waals surface area contributed by atoms with E-state index in [4.69, 9.17) is 10.5 Å². The van der Waals surface area contributed by atoms with Gasteiger partial charge in [0, 0.05) is 38.1 Å². The van der Waals surface area contributed by atoms with E-state index in [-0.39, 0.29) is 43.4 Å². The molecule has 5 atom stereocenters. The number of nitrogens with two attached hydrogens (primary N) is 1. The number of rotatable bonds is 18. The highest BCUT2D eigenvalue weighted by molar-refractivity contribution is 6.38. The molecule has 55 heavy (non-hydrogen) atoms. The van der Waals surface area contributed by atoms with E-state index in [1.54, 1.807) is 58.0 Å². The minimum atomic E-state index is -1.31. The molecule has 2 aromatic carbocycles. The normalized spacial score (nSPS) is 17.4. The third kappa shape index (κ3) is 12.4. The van der Waals surface area contributed by atoms with Crippen LogP contribution in [0.4, 0.5) is 0 Å². The first-order chi connectivity index (χ1) is 25.6. The monoisotopic (exact) mass is 762 g/mol. The summed E-state index contributed by atoms with van der Waals surface area (Å²) in [6, 6.07) is 10.6. The number of hydrogen-bond donors (Lipinski definition) is 4. The van der Waals surface area contributed by atoms with Gasteiger partial charge in [0.05, 0.1) is 28.9 Å². The number of likely N-dealkylation sites (tertiary alicyclic amines) is 1. The zero-order chi connectivity index (χ0) is 41.2. The van der Waals surface area contributed by atoms with E-state index in [0.29, 0.717) is 12.0 Å². The fraction of sp³-hybridized carbons (Fsp3) is 0.512. The summed E-state index contributed by atoms with van der Waals surface area (Å²) >= 11 is 0. The zero-order valence-electron chi connectivity index (χ0n) is 32.7. The molecule has 4 amide bonds. The highest BCUT2D eigenvalue weighted by Crippen LogP contribution is 2.31. The maximum absolute atomic E-state index is 14.4. The van der Waals surface area contributed by atoms with Crippen molar-refractivity contribution in [2.45, 2.75) is 117 Å². The van der Waals surface area contributed by atoms with Crippen LogP contribution in [0.15, 0.2) is 54.6 Å². The topological polar surface area (TPSA) is 219 Å². The molecule has 0 spiro atoms. The minimum absolute atomic E-state index is 0.0103. The molecule has 0 radical (unpaired) electrons. The average Bonchev–Trinajstić information content (AvgIpc) is 3.53. The molecule has 0 aliphatic carbocycles. The van der Waals surface area contributed by atoms with E-state index in [1.165, 1.54) is 29.2 Å². The van der Waals surface area contributed by atoms with E-state index in [1.807, 2.05) is 20.8 Å². The fourth-order valence-electron chi connectivity index (χ4n) is 6.65. The first-order valence-electron chi connectivity index (χ1n) is 18.5. The molecule has 1 aliphatic heterocycles. The molecule has 1 fully saturated rings. The number of nitrogens with one attached hydrogen (secondary N) is 2. The Morgan fingerprint density at radius 3 is 2.02 bits per heavy atom. The Morgan fingerprint density at radius 2 is 1.47 bits per heavy atom. The highest BCUT2D eigenvalue weighted by Gasteiger charge is 2.46. The molecule has 0 saturated carbocycles. The smallest absolute Gasteiger partial charge is 0.336 e. The third-order valence-electron chi connectivity index (χ3n) is 9.26. The first-order valence-corrected chi connectivity index (χ1v) is 18.5. The van der Waals surface area contributed by atoms with Gasteiger partial charge < -0.3 is 31.1 Å². The second kappa shape index (κ2) is 18.9. The Hall–Kier alpha value is -5.24. The Labute approximate surface area is 321 Å². The molecule has 1 aliphatic rings. The van der Waals surface area contributed by atoms with Crippen molar-refractivity contribution in [3.05, 3.63) is 71.3 Å². The second-order valence-corrected chi connectivity index (χ2v) is 16.0. The van der Waals surface area contributed by atoms with E-state index in [9.17, 15) is 43.5 Å². The summed E-state index contributed by atoms with van der Waals surface area (Å²) in [7, 11) is 0. The van der Waals surface area contributed by atoms with E-state index >= 15 is 0 Å². The van der Waals surface area contributed by atoms with Gasteiger partial charge in [-0.25, -0.2) is 4.79 Å². The summed E-state index contributed by atoms with van der Waals surface area (Å²) in [5.41, 5.74) is 4.05. The quantitative estimate of drug-likeness (QED) is 0.160. The second-order valence-electron chi connectivity index (χ2n) is 16.0. The number of primary amides is 1. The zero-order valence-corrected chi connectivity index (χ0v) is 32.7. The summed E-state index contributed by atoms with van der Waals surface area (Å²) in [6.45, 7) is 12.5. The van der Waals surface area contributed by atoms with E-state index in [2.05, 4.69) is 10.6 Å². The van der Waals surface area contributed by atoms with Crippen molar-refractivity contribution >= 4 is 46.9 Å². The molecule has 14 nitrogen and oxygen atoms in total. The average molecular weight is 763 g/mol. The molecule has 1 unspecified atom stereocenters. The van der Waals surface area contributed by atoms with Gasteiger partial charge in [-0.15, -0.1) is 0 Å². The van der Waals surface area contributed by atoms with Gasteiger partial charge >= 0.3 is 5.97 Å². The van der Waals surface area contributed by atoms with Crippen LogP contribution in [0.1, 0.15) is 119 Å². The summed E-state index contributed by atoms with van der Waals surface area (Å²) in [6.07, 6.45) is -0.979. The number of carboxylic acids is 1. The largest absolute Gasteiger partial charge is 0.478 e. The maximum atomic E-state index is 14.4. The summed E-state index contributed by atoms with van der Waals surface area (Å²) in [5.74, 6) is -7.26. The Kier molecular flexibility index (Phi) is 15.2. The number of ketones is 3. The van der Waals surface area contributed by atoms with Gasteiger partial charge in [-0.2, -0.15) is 0 Å². The van der Waals surface area contributed by atoms with Crippen LogP contribution in [0, 0.1) is 11.3 Å². The molecule has 298 valence electrons. The van der Waals surface area contributed by atoms with Crippen molar-refractivity contribution in [1.29, 1.82) is 0 Å². The lowest BCUT2D eigenvalue weighted by molar-refractivity contribution is -0.143. The number of aromatic carboxylic acids is 1. The van der Waals surface area contributed by atoms with Gasteiger partial charge in [0.15, 0.2) is 11.6 Å². The van der Waals surface area contributed by atoms with Gasteiger partial charge in [-0.3, -0.25) is 33.6 Å². The van der Waals surface area contributed by atoms with Gasteiger partial charge in [-0.1, -0.05) is 76.6 Å². The molecule has 14 heteroatoms. The Balaban J connectivity index is 1.81. The number of carbonyl (C=O) groups excluding carboxylic acids is 7. The number of hydrogen-bond acceptors (Lipinski definition) is 9. The third-order valence-corrected chi connectivity index (χ3v) is 9.26. The number of nitrogens with zero attached hydrogens (tertiary/aromatic N) is 1. The highest BCUT2D eigenvalue weighted by atomic mass is 16.5. The molecule has 0 bridgehead atoms. The number of amides is 4. The van der Waals surface area contributed by atoms with Crippen LogP contribution in [0.3, 0.4) is 0 Å². The minimum Gasteiger partial charge on any atom is -0.478 e. The Bertz CT molecular complexity index is 1760. The first kappa shape index (κ1) is 44.2. The molecule has 2 aromatic rings. The molecular weight excluding hydrogens is 708 g/mol. The fourth-order valence-corrected chi connectivity index (χ4v) is 6.65. The SMILES string of the molecule is CCCC(CC(=O)[C@@H]1C[C@@H](OC(C)(C)C)CN1C(=O)[C@@H](NC(=O)c1ccccc1C(=O)O)C(C)(C)C)C(=O)C(=O)CCC(=O)N[C@H](C(N)=O)c1ccccc1. The van der Waals surface area contributed by atoms with Gasteiger partial charge in [-0.05, 0) is 50.3 Å². The summed E-state index contributed by atoms with van der Waals surface area (Å²) in [5, 5.41) is 14.9. The summed E-state index contributed by atoms with van der Waals surface area (Å²) in [4.78, 5) is 107. The van der Waals surface area contributed by atoms with Crippen LogP contribution >= 0.6 is 0 Å². The van der Waals surface area contributed by atoms with Crippen LogP contribution in [0.5, 0.6) is 0 Å².